The lowest BCUT2D eigenvalue weighted by atomic mass is 10.1. The zero-order valence-electron chi connectivity index (χ0n) is 12.4. The van der Waals surface area contributed by atoms with E-state index in [1.807, 2.05) is 0 Å². The van der Waals surface area contributed by atoms with Crippen molar-refractivity contribution in [2.24, 2.45) is 0 Å². The van der Waals surface area contributed by atoms with Gasteiger partial charge in [0.25, 0.3) is 5.91 Å². The average Bonchev–Trinajstić information content (AvgIpc) is 3.24. The third-order valence-corrected chi connectivity index (χ3v) is 3.59. The fraction of sp³-hybridized carbons (Fsp3) is 0.0588. The van der Waals surface area contributed by atoms with Crippen LogP contribution in [0.2, 0.25) is 0 Å². The molecule has 0 unspecified atom stereocenters. The van der Waals surface area contributed by atoms with Crippen LogP contribution in [0, 0.1) is 5.82 Å². The molecular weight excluding hydrogens is 313 g/mol. The summed E-state index contributed by atoms with van der Waals surface area (Å²) in [5.41, 5.74) is 2.16. The van der Waals surface area contributed by atoms with E-state index in [4.69, 9.17) is 9.47 Å². The molecule has 0 bridgehead atoms. The highest BCUT2D eigenvalue weighted by Crippen LogP contribution is 2.34. The van der Waals surface area contributed by atoms with Crippen molar-refractivity contribution in [2.75, 3.05) is 12.1 Å². The van der Waals surface area contributed by atoms with E-state index in [0.717, 1.165) is 5.56 Å². The van der Waals surface area contributed by atoms with Crippen LogP contribution in [0.25, 0.3) is 11.3 Å². The summed E-state index contributed by atoms with van der Waals surface area (Å²) in [4.78, 5) is 12.3. The predicted octanol–water partition coefficient (Wildman–Crippen LogP) is 3.20. The number of halogens is 1. The first kappa shape index (κ1) is 14.3. The number of anilines is 1. The molecule has 1 aromatic heterocycles. The van der Waals surface area contributed by atoms with Gasteiger partial charge < -0.3 is 14.8 Å². The van der Waals surface area contributed by atoms with Crippen LogP contribution in [-0.4, -0.2) is 22.9 Å². The molecule has 120 valence electrons. The lowest BCUT2D eigenvalue weighted by Crippen LogP contribution is -2.12. The lowest BCUT2D eigenvalue weighted by Gasteiger charge is -2.04. The molecule has 2 N–H and O–H groups in total. The van der Waals surface area contributed by atoms with Gasteiger partial charge in [-0.1, -0.05) is 0 Å². The van der Waals surface area contributed by atoms with Gasteiger partial charge in [0.1, 0.15) is 11.5 Å². The molecule has 2 heterocycles. The fourth-order valence-corrected chi connectivity index (χ4v) is 2.38. The van der Waals surface area contributed by atoms with Gasteiger partial charge in [-0.15, -0.1) is 0 Å². The second-order valence-electron chi connectivity index (χ2n) is 5.20. The van der Waals surface area contributed by atoms with Gasteiger partial charge in [-0.05, 0) is 42.5 Å². The number of ether oxygens (including phenoxy) is 2. The predicted molar refractivity (Wildman–Crippen MR) is 84.5 cm³/mol. The van der Waals surface area contributed by atoms with Crippen LogP contribution in [0.4, 0.5) is 10.1 Å². The standard InChI is InChI=1S/C17H12FN3O3/c18-11-3-1-10(2-4-11)13-8-14(21-20-13)17(22)19-12-5-6-15-16(7-12)24-9-23-15/h1-8H,9H2,(H,19,22)(H,20,21). The minimum Gasteiger partial charge on any atom is -0.454 e. The van der Waals surface area contributed by atoms with E-state index >= 15 is 0 Å². The third kappa shape index (κ3) is 2.67. The molecule has 1 aliphatic rings. The van der Waals surface area contributed by atoms with Crippen LogP contribution >= 0.6 is 0 Å². The van der Waals surface area contributed by atoms with Gasteiger partial charge >= 0.3 is 0 Å². The average molecular weight is 325 g/mol. The van der Waals surface area contributed by atoms with Crippen molar-refractivity contribution in [1.29, 1.82) is 0 Å². The van der Waals surface area contributed by atoms with Crippen LogP contribution in [-0.2, 0) is 0 Å². The minimum absolute atomic E-state index is 0.175. The largest absolute Gasteiger partial charge is 0.454 e. The number of rotatable bonds is 3. The monoisotopic (exact) mass is 325 g/mol. The van der Waals surface area contributed by atoms with E-state index < -0.39 is 0 Å². The Hall–Kier alpha value is -3.35. The number of aromatic nitrogens is 2. The second-order valence-corrected chi connectivity index (χ2v) is 5.20. The number of hydrogen-bond donors (Lipinski definition) is 2. The van der Waals surface area contributed by atoms with E-state index in [1.54, 1.807) is 36.4 Å². The summed E-state index contributed by atoms with van der Waals surface area (Å²) in [5.74, 6) is 0.572. The van der Waals surface area contributed by atoms with Crippen LogP contribution in [0.3, 0.4) is 0 Å². The lowest BCUT2D eigenvalue weighted by molar-refractivity contribution is 0.102. The molecule has 24 heavy (non-hydrogen) atoms. The molecule has 0 saturated heterocycles. The van der Waals surface area contributed by atoms with E-state index in [0.29, 0.717) is 28.6 Å². The molecule has 1 amide bonds. The second kappa shape index (κ2) is 5.69. The van der Waals surface area contributed by atoms with Gasteiger partial charge in [0.2, 0.25) is 6.79 Å². The van der Waals surface area contributed by atoms with E-state index in [9.17, 15) is 9.18 Å². The minimum atomic E-state index is -0.338. The summed E-state index contributed by atoms with van der Waals surface area (Å²) in [5, 5.41) is 9.52. The number of aromatic amines is 1. The number of nitrogens with zero attached hydrogens (tertiary/aromatic N) is 1. The molecule has 0 spiro atoms. The Morgan fingerprint density at radius 3 is 2.71 bits per heavy atom. The number of carbonyl (C=O) groups is 1. The molecular formula is C17H12FN3O3. The third-order valence-electron chi connectivity index (χ3n) is 3.59. The maximum atomic E-state index is 13.0. The SMILES string of the molecule is O=C(Nc1ccc2c(c1)OCO2)c1cc(-c2ccc(F)cc2)n[nH]1. The van der Waals surface area contributed by atoms with Gasteiger partial charge in [0.05, 0.1) is 5.69 Å². The van der Waals surface area contributed by atoms with E-state index in [-0.39, 0.29) is 18.5 Å². The highest BCUT2D eigenvalue weighted by atomic mass is 19.1. The van der Waals surface area contributed by atoms with E-state index in [2.05, 4.69) is 15.5 Å². The van der Waals surface area contributed by atoms with Crippen molar-refractivity contribution in [2.45, 2.75) is 0 Å². The number of benzene rings is 2. The van der Waals surface area contributed by atoms with Crippen molar-refractivity contribution in [1.82, 2.24) is 10.2 Å². The van der Waals surface area contributed by atoms with Crippen LogP contribution in [0.15, 0.2) is 48.5 Å². The van der Waals surface area contributed by atoms with Crippen molar-refractivity contribution in [3.8, 4) is 22.8 Å². The molecule has 2 aromatic carbocycles. The summed E-state index contributed by atoms with van der Waals surface area (Å²) in [6.45, 7) is 0.175. The first-order chi connectivity index (χ1) is 11.7. The smallest absolute Gasteiger partial charge is 0.273 e. The number of hydrogen-bond acceptors (Lipinski definition) is 4. The van der Waals surface area contributed by atoms with Gasteiger partial charge in [0, 0.05) is 17.3 Å². The van der Waals surface area contributed by atoms with Crippen LogP contribution in [0.1, 0.15) is 10.5 Å². The molecule has 6 nitrogen and oxygen atoms in total. The quantitative estimate of drug-likeness (QED) is 0.775. The first-order valence-corrected chi connectivity index (χ1v) is 7.21. The zero-order chi connectivity index (χ0) is 16.5. The topological polar surface area (TPSA) is 76.2 Å². The molecule has 0 radical (unpaired) electrons. The Balaban J connectivity index is 1.52. The highest BCUT2D eigenvalue weighted by Gasteiger charge is 2.16. The Morgan fingerprint density at radius 1 is 1.08 bits per heavy atom. The number of fused-ring (bicyclic) bond motifs is 1. The molecule has 4 rings (SSSR count). The van der Waals surface area contributed by atoms with Gasteiger partial charge in [-0.3, -0.25) is 9.89 Å². The number of H-pyrrole nitrogens is 1. The molecule has 0 fully saturated rings. The summed E-state index contributed by atoms with van der Waals surface area (Å²) in [7, 11) is 0. The number of carbonyl (C=O) groups excluding carboxylic acids is 1. The fourth-order valence-electron chi connectivity index (χ4n) is 2.38. The Bertz CT molecular complexity index is 906. The van der Waals surface area contributed by atoms with Gasteiger partial charge in [-0.25, -0.2) is 4.39 Å². The zero-order valence-corrected chi connectivity index (χ0v) is 12.4. The normalized spacial score (nSPS) is 12.2. The summed E-state index contributed by atoms with van der Waals surface area (Å²) in [6.07, 6.45) is 0. The van der Waals surface area contributed by atoms with Crippen LogP contribution in [0.5, 0.6) is 11.5 Å². The first-order valence-electron chi connectivity index (χ1n) is 7.21. The Kier molecular flexibility index (Phi) is 3.38. The molecule has 1 aliphatic heterocycles. The molecule has 0 atom stereocenters. The summed E-state index contributed by atoms with van der Waals surface area (Å²) in [6, 6.07) is 12.6. The summed E-state index contributed by atoms with van der Waals surface area (Å²) < 4.78 is 23.5. The van der Waals surface area contributed by atoms with Gasteiger partial charge in [-0.2, -0.15) is 5.10 Å². The van der Waals surface area contributed by atoms with Crippen molar-refractivity contribution in [3.05, 3.63) is 60.0 Å². The van der Waals surface area contributed by atoms with Crippen molar-refractivity contribution in [3.63, 3.8) is 0 Å². The maximum Gasteiger partial charge on any atom is 0.273 e. The number of nitrogens with one attached hydrogen (secondary N) is 2. The van der Waals surface area contributed by atoms with Gasteiger partial charge in [0.15, 0.2) is 11.5 Å². The van der Waals surface area contributed by atoms with Crippen LogP contribution < -0.4 is 14.8 Å². The van der Waals surface area contributed by atoms with E-state index in [1.165, 1.54) is 12.1 Å². The van der Waals surface area contributed by atoms with Crippen molar-refractivity contribution < 1.29 is 18.7 Å². The molecule has 0 aliphatic carbocycles. The number of amides is 1. The molecule has 3 aromatic rings. The molecule has 7 heteroatoms. The highest BCUT2D eigenvalue weighted by molar-refractivity contribution is 6.03. The van der Waals surface area contributed by atoms with Crippen molar-refractivity contribution >= 4 is 11.6 Å². The Labute approximate surface area is 136 Å². The maximum absolute atomic E-state index is 13.0. The Morgan fingerprint density at radius 2 is 1.88 bits per heavy atom. The summed E-state index contributed by atoms with van der Waals surface area (Å²) >= 11 is 0. The molecule has 0 saturated carbocycles.